The fourth-order valence-corrected chi connectivity index (χ4v) is 4.55. The molecule has 0 spiro atoms. The molecule has 1 atom stereocenters. The molecule has 0 radical (unpaired) electrons. The Morgan fingerprint density at radius 3 is 2.86 bits per heavy atom. The van der Waals surface area contributed by atoms with Crippen molar-refractivity contribution in [2.75, 3.05) is 32.2 Å². The number of halogens is 1. The number of rotatable bonds is 13. The van der Waals surface area contributed by atoms with Crippen molar-refractivity contribution in [2.24, 2.45) is 0 Å². The van der Waals surface area contributed by atoms with Crippen LogP contribution in [0.3, 0.4) is 0 Å². The van der Waals surface area contributed by atoms with Crippen LogP contribution in [0.1, 0.15) is 55.3 Å². The second-order valence-electron chi connectivity index (χ2n) is 9.36. The molecular formula is C26H33FN4O5. The average Bonchev–Trinajstić information content (AvgIpc) is 3.69. The van der Waals surface area contributed by atoms with Gasteiger partial charge < -0.3 is 25.2 Å². The van der Waals surface area contributed by atoms with Crippen LogP contribution >= 0.6 is 0 Å². The van der Waals surface area contributed by atoms with E-state index in [2.05, 4.69) is 32.7 Å². The molecule has 1 saturated carbocycles. The van der Waals surface area contributed by atoms with Crippen LogP contribution in [0.5, 0.6) is 5.88 Å². The summed E-state index contributed by atoms with van der Waals surface area (Å²) in [5.74, 6) is -1.02. The Balaban J connectivity index is 1.20. The van der Waals surface area contributed by atoms with Gasteiger partial charge in [0.15, 0.2) is 0 Å². The number of pyridine rings is 2. The van der Waals surface area contributed by atoms with Crippen molar-refractivity contribution in [1.29, 1.82) is 0 Å². The number of methoxy groups -OCH3 is 1. The fraction of sp³-hybridized carbons (Fsp3) is 0.538. The number of aliphatic carboxylic acids is 1. The standard InChI is InChI=1S/C26H33FN4O5/c1-35-23-20(15-18(27)16-29-23)26(10-11-26)25(34)31-21(24(32)33)9-14-36-13-3-2-6-19-8-7-17-5-4-12-28-22(17)30-19/h7-8,15-16,21H,2-6,9-14H2,1H3,(H,28,30)(H,31,34)(H,32,33)/t21-/m0/s1. The minimum atomic E-state index is -1.14. The highest BCUT2D eigenvalue weighted by molar-refractivity contribution is 5.94. The third kappa shape index (κ3) is 6.10. The van der Waals surface area contributed by atoms with Gasteiger partial charge in [-0.05, 0) is 62.6 Å². The summed E-state index contributed by atoms with van der Waals surface area (Å²) in [4.78, 5) is 33.3. The summed E-state index contributed by atoms with van der Waals surface area (Å²) in [7, 11) is 1.40. The highest BCUT2D eigenvalue weighted by atomic mass is 19.1. The Bertz CT molecular complexity index is 1090. The molecule has 0 aromatic carbocycles. The molecule has 4 rings (SSSR count). The van der Waals surface area contributed by atoms with Gasteiger partial charge in [-0.15, -0.1) is 0 Å². The number of nitrogens with zero attached hydrogens (tertiary/aromatic N) is 2. The average molecular weight is 501 g/mol. The third-order valence-corrected chi connectivity index (χ3v) is 6.79. The molecule has 2 aromatic rings. The van der Waals surface area contributed by atoms with Gasteiger partial charge in [0, 0.05) is 37.4 Å². The highest BCUT2D eigenvalue weighted by Crippen LogP contribution is 2.51. The molecule has 3 heterocycles. The lowest BCUT2D eigenvalue weighted by molar-refractivity contribution is -0.142. The van der Waals surface area contributed by atoms with Crippen LogP contribution in [-0.4, -0.2) is 59.9 Å². The number of nitrogens with one attached hydrogen (secondary N) is 2. The molecule has 2 aliphatic rings. The number of carboxylic acid groups (broad SMARTS) is 1. The lowest BCUT2D eigenvalue weighted by Crippen LogP contribution is -2.46. The first-order valence-electron chi connectivity index (χ1n) is 12.5. The third-order valence-electron chi connectivity index (χ3n) is 6.79. The summed E-state index contributed by atoms with van der Waals surface area (Å²) in [6.07, 6.45) is 6.89. The van der Waals surface area contributed by atoms with E-state index in [0.29, 0.717) is 25.0 Å². The molecule has 36 heavy (non-hydrogen) atoms. The van der Waals surface area contributed by atoms with Crippen molar-refractivity contribution in [3.8, 4) is 5.88 Å². The number of carbonyl (C=O) groups is 2. The normalized spacial score (nSPS) is 16.4. The lowest BCUT2D eigenvalue weighted by atomic mass is 9.95. The van der Waals surface area contributed by atoms with Gasteiger partial charge in [-0.25, -0.2) is 19.2 Å². The van der Waals surface area contributed by atoms with Gasteiger partial charge in [0.25, 0.3) is 0 Å². The number of unbranched alkanes of at least 4 members (excludes halogenated alkanes) is 1. The topological polar surface area (TPSA) is 123 Å². The van der Waals surface area contributed by atoms with E-state index in [1.54, 1.807) is 0 Å². The van der Waals surface area contributed by atoms with Crippen molar-refractivity contribution in [3.05, 3.63) is 47.0 Å². The summed E-state index contributed by atoms with van der Waals surface area (Å²) < 4.78 is 24.6. The number of hydrogen-bond donors (Lipinski definition) is 3. The van der Waals surface area contributed by atoms with Gasteiger partial charge in [-0.3, -0.25) is 4.79 Å². The van der Waals surface area contributed by atoms with Crippen molar-refractivity contribution < 1.29 is 28.6 Å². The number of anilines is 1. The number of carboxylic acids is 1. The second kappa shape index (κ2) is 11.6. The Labute approximate surface area is 209 Å². The molecule has 1 aliphatic carbocycles. The zero-order valence-corrected chi connectivity index (χ0v) is 20.5. The fourth-order valence-electron chi connectivity index (χ4n) is 4.55. The lowest BCUT2D eigenvalue weighted by Gasteiger charge is -2.21. The number of aryl methyl sites for hydroxylation is 2. The minimum absolute atomic E-state index is 0.133. The number of ether oxygens (including phenoxy) is 2. The molecule has 9 nitrogen and oxygen atoms in total. The van der Waals surface area contributed by atoms with E-state index in [1.807, 2.05) is 0 Å². The number of amides is 1. The van der Waals surface area contributed by atoms with E-state index in [9.17, 15) is 19.1 Å². The van der Waals surface area contributed by atoms with Crippen molar-refractivity contribution in [2.45, 2.75) is 62.8 Å². The second-order valence-corrected chi connectivity index (χ2v) is 9.36. The predicted molar refractivity (Wildman–Crippen MR) is 131 cm³/mol. The van der Waals surface area contributed by atoms with Crippen molar-refractivity contribution >= 4 is 17.7 Å². The maximum absolute atomic E-state index is 13.8. The van der Waals surface area contributed by atoms with E-state index in [1.165, 1.54) is 18.7 Å². The molecule has 10 heteroatoms. The minimum Gasteiger partial charge on any atom is -0.481 e. The Morgan fingerprint density at radius 2 is 2.11 bits per heavy atom. The van der Waals surface area contributed by atoms with Gasteiger partial charge in [-0.1, -0.05) is 6.07 Å². The molecule has 2 aromatic heterocycles. The number of hydrogen-bond acceptors (Lipinski definition) is 7. The SMILES string of the molecule is COc1ncc(F)cc1C1(C(=O)N[C@@H](CCOCCCCc2ccc3c(n2)NCCC3)C(=O)O)CC1. The zero-order valence-electron chi connectivity index (χ0n) is 20.5. The van der Waals surface area contributed by atoms with Crippen LogP contribution in [0, 0.1) is 5.82 Å². The molecule has 1 fully saturated rings. The first kappa shape index (κ1) is 25.8. The van der Waals surface area contributed by atoms with Gasteiger partial charge >= 0.3 is 5.97 Å². The Kier molecular flexibility index (Phi) is 8.35. The van der Waals surface area contributed by atoms with E-state index < -0.39 is 29.2 Å². The van der Waals surface area contributed by atoms with Crippen LogP contribution in [0.25, 0.3) is 0 Å². The van der Waals surface area contributed by atoms with E-state index in [-0.39, 0.29) is 18.9 Å². The van der Waals surface area contributed by atoms with Gasteiger partial charge in [0.05, 0.1) is 18.7 Å². The number of fused-ring (bicyclic) bond motifs is 1. The number of aromatic nitrogens is 2. The van der Waals surface area contributed by atoms with Crippen molar-refractivity contribution in [1.82, 2.24) is 15.3 Å². The van der Waals surface area contributed by atoms with E-state index in [4.69, 9.17) is 9.47 Å². The molecule has 0 unspecified atom stereocenters. The molecule has 0 saturated heterocycles. The number of carbonyl (C=O) groups excluding carboxylic acids is 1. The zero-order chi connectivity index (χ0) is 25.5. The summed E-state index contributed by atoms with van der Waals surface area (Å²) in [6, 6.07) is 4.35. The van der Waals surface area contributed by atoms with Crippen LogP contribution in [0.2, 0.25) is 0 Å². The summed E-state index contributed by atoms with van der Waals surface area (Å²) in [6.45, 7) is 1.67. The molecule has 3 N–H and O–H groups in total. The molecule has 0 bridgehead atoms. The van der Waals surface area contributed by atoms with Gasteiger partial charge in [0.1, 0.15) is 17.7 Å². The summed E-state index contributed by atoms with van der Waals surface area (Å²) in [5, 5.41) is 15.5. The van der Waals surface area contributed by atoms with Gasteiger partial charge in [-0.2, -0.15) is 0 Å². The predicted octanol–water partition coefficient (Wildman–Crippen LogP) is 3.01. The van der Waals surface area contributed by atoms with Gasteiger partial charge in [0.2, 0.25) is 11.8 Å². The molecular weight excluding hydrogens is 467 g/mol. The molecule has 194 valence electrons. The van der Waals surface area contributed by atoms with Crippen molar-refractivity contribution in [3.63, 3.8) is 0 Å². The first-order chi connectivity index (χ1) is 17.4. The quantitative estimate of drug-likeness (QED) is 0.359. The monoisotopic (exact) mass is 500 g/mol. The summed E-state index contributed by atoms with van der Waals surface area (Å²) in [5.41, 5.74) is 1.64. The smallest absolute Gasteiger partial charge is 0.326 e. The molecule has 1 aliphatic heterocycles. The van der Waals surface area contributed by atoms with Crippen LogP contribution in [-0.2, 0) is 32.6 Å². The molecule has 1 amide bonds. The van der Waals surface area contributed by atoms with E-state index in [0.717, 1.165) is 56.4 Å². The van der Waals surface area contributed by atoms with Crippen LogP contribution < -0.4 is 15.4 Å². The van der Waals surface area contributed by atoms with Crippen LogP contribution in [0.15, 0.2) is 24.4 Å². The van der Waals surface area contributed by atoms with Crippen LogP contribution in [0.4, 0.5) is 10.2 Å². The highest BCUT2D eigenvalue weighted by Gasteiger charge is 2.54. The Hall–Kier alpha value is -3.27. The largest absolute Gasteiger partial charge is 0.481 e. The summed E-state index contributed by atoms with van der Waals surface area (Å²) >= 11 is 0. The van der Waals surface area contributed by atoms with E-state index >= 15 is 0 Å². The maximum Gasteiger partial charge on any atom is 0.326 e. The Morgan fingerprint density at radius 1 is 1.28 bits per heavy atom. The first-order valence-corrected chi connectivity index (χ1v) is 12.5. The maximum atomic E-state index is 13.8.